The van der Waals surface area contributed by atoms with Gasteiger partial charge in [-0.05, 0) is 6.42 Å². The summed E-state index contributed by atoms with van der Waals surface area (Å²) >= 11 is 0. The highest BCUT2D eigenvalue weighted by atomic mass is 16.8. The van der Waals surface area contributed by atoms with E-state index in [0.717, 1.165) is 139 Å². The van der Waals surface area contributed by atoms with Gasteiger partial charge < -0.3 is 133 Å². The minimum absolute atomic E-state index is 0.0641. The molecule has 0 aromatic rings. The highest BCUT2D eigenvalue weighted by Crippen LogP contribution is 2.27. The quantitative estimate of drug-likeness (QED) is 0.0469. The van der Waals surface area contributed by atoms with Crippen LogP contribution in [0.4, 0.5) is 0 Å². The molecule has 0 radical (unpaired) electrons. The van der Waals surface area contributed by atoms with Crippen LogP contribution in [0, 0.1) is 16.7 Å². The van der Waals surface area contributed by atoms with Crippen molar-refractivity contribution in [2.24, 2.45) is 16.7 Å². The fraction of sp³-hybridized carbons (Fsp3) is 1.00. The van der Waals surface area contributed by atoms with Gasteiger partial charge in [-0.1, -0.05) is 27.7 Å². The van der Waals surface area contributed by atoms with Crippen LogP contribution in [0.1, 0.15) is 34.1 Å². The number of hydrogen-bond acceptors (Lipinski definition) is 28. The van der Waals surface area contributed by atoms with E-state index in [9.17, 15) is 0 Å². The van der Waals surface area contributed by atoms with Crippen LogP contribution in [0.3, 0.4) is 0 Å². The van der Waals surface area contributed by atoms with Crippen LogP contribution in [-0.2, 0) is 133 Å². The first kappa shape index (κ1) is 71.7. The average molecular weight is 1260 g/mol. The van der Waals surface area contributed by atoms with Gasteiger partial charge in [-0.25, -0.2) is 0 Å². The Balaban J connectivity index is 0.000000137. The predicted octanol–water partition coefficient (Wildman–Crippen LogP) is 1.20. The Kier molecular flexibility index (Phi) is 34.3. The molecule has 13 saturated heterocycles. The zero-order valence-corrected chi connectivity index (χ0v) is 52.1. The molecule has 0 bridgehead atoms. The Labute approximate surface area is 513 Å². The van der Waals surface area contributed by atoms with Gasteiger partial charge in [0.25, 0.3) is 0 Å². The van der Waals surface area contributed by atoms with Crippen molar-refractivity contribution in [3.63, 3.8) is 0 Å². The molecule has 28 heteroatoms. The summed E-state index contributed by atoms with van der Waals surface area (Å²) in [5.41, 5.74) is -0.0253. The number of ether oxygens (including phenoxy) is 28. The van der Waals surface area contributed by atoms with Crippen LogP contribution in [-0.4, -0.2) is 331 Å². The molecule has 0 saturated carbocycles. The van der Waals surface area contributed by atoms with E-state index < -0.39 is 0 Å². The summed E-state index contributed by atoms with van der Waals surface area (Å²) in [6, 6.07) is 0. The van der Waals surface area contributed by atoms with Gasteiger partial charge in [-0.3, -0.25) is 0 Å². The molecule has 28 nitrogen and oxygen atoms in total. The summed E-state index contributed by atoms with van der Waals surface area (Å²) in [5.74, 6) is 0.433. The van der Waals surface area contributed by atoms with Crippen LogP contribution in [0.5, 0.6) is 0 Å². The predicted molar refractivity (Wildman–Crippen MR) is 300 cm³/mol. The second-order valence-corrected chi connectivity index (χ2v) is 24.3. The highest BCUT2D eigenvalue weighted by molar-refractivity contribution is 4.81. The Morgan fingerprint density at radius 2 is 0.552 bits per heavy atom. The normalized spacial score (nSPS) is 31.4. The molecule has 0 aromatic heterocycles. The molecule has 0 aliphatic carbocycles. The van der Waals surface area contributed by atoms with E-state index in [1.165, 1.54) is 0 Å². The lowest BCUT2D eigenvalue weighted by Crippen LogP contribution is -2.38. The van der Waals surface area contributed by atoms with Crippen LogP contribution >= 0.6 is 0 Å². The first-order valence-corrected chi connectivity index (χ1v) is 31.4. The van der Waals surface area contributed by atoms with Crippen molar-refractivity contribution in [3.8, 4) is 0 Å². The molecule has 0 N–H and O–H groups in total. The van der Waals surface area contributed by atoms with Gasteiger partial charge in [0.15, 0.2) is 6.29 Å². The van der Waals surface area contributed by atoms with Gasteiger partial charge in [-0.15, -0.1) is 0 Å². The summed E-state index contributed by atoms with van der Waals surface area (Å²) < 4.78 is 146. The minimum atomic E-state index is -0.0985. The van der Waals surface area contributed by atoms with E-state index in [-0.39, 0.29) is 30.7 Å². The van der Waals surface area contributed by atoms with Gasteiger partial charge in [-0.2, -0.15) is 0 Å². The van der Waals surface area contributed by atoms with E-state index in [4.69, 9.17) is 133 Å². The highest BCUT2D eigenvalue weighted by Gasteiger charge is 2.35. The van der Waals surface area contributed by atoms with Crippen LogP contribution in [0.15, 0.2) is 0 Å². The van der Waals surface area contributed by atoms with E-state index in [0.29, 0.717) is 185 Å². The molecule has 14 atom stereocenters. The zero-order chi connectivity index (χ0) is 60.5. The smallest absolute Gasteiger partial charge is 0.181 e. The first-order valence-electron chi connectivity index (χ1n) is 31.4. The van der Waals surface area contributed by atoms with Crippen LogP contribution < -0.4 is 0 Å². The van der Waals surface area contributed by atoms with Crippen molar-refractivity contribution in [1.29, 1.82) is 0 Å². The van der Waals surface area contributed by atoms with Crippen molar-refractivity contribution >= 4 is 0 Å². The summed E-state index contributed by atoms with van der Waals surface area (Å²) in [7, 11) is 0. The molecular weight excluding hydrogens is 1160 g/mol. The van der Waals surface area contributed by atoms with Gasteiger partial charge >= 0.3 is 0 Å². The number of rotatable bonds is 51. The number of hydrogen-bond donors (Lipinski definition) is 0. The van der Waals surface area contributed by atoms with E-state index in [1.54, 1.807) is 0 Å². The molecule has 0 amide bonds. The van der Waals surface area contributed by atoms with E-state index in [1.807, 2.05) is 0 Å². The minimum Gasteiger partial charge on any atom is -0.378 e. The van der Waals surface area contributed by atoms with Gasteiger partial charge in [0.2, 0.25) is 0 Å². The monoisotopic (exact) mass is 1260 g/mol. The lowest BCUT2D eigenvalue weighted by molar-refractivity contribution is -0.133. The average Bonchev–Trinajstić information content (AvgIpc) is 4.51. The molecular formula is C59H104O28. The van der Waals surface area contributed by atoms with Crippen molar-refractivity contribution < 1.29 is 133 Å². The van der Waals surface area contributed by atoms with E-state index in [2.05, 4.69) is 27.7 Å². The largest absolute Gasteiger partial charge is 0.378 e. The maximum atomic E-state index is 5.81. The Morgan fingerprint density at radius 1 is 0.299 bits per heavy atom. The van der Waals surface area contributed by atoms with Gasteiger partial charge in [0.1, 0.15) is 107 Å². The maximum Gasteiger partial charge on any atom is 0.181 e. The Bertz CT molecular complexity index is 1580. The third-order valence-corrected chi connectivity index (χ3v) is 13.7. The molecule has 13 aliphatic heterocycles. The lowest BCUT2D eigenvalue weighted by Gasteiger charge is -2.32. The molecule has 13 fully saturated rings. The second kappa shape index (κ2) is 41.6. The molecule has 13 aliphatic rings. The molecule has 508 valence electrons. The third-order valence-electron chi connectivity index (χ3n) is 13.7. The second-order valence-electron chi connectivity index (χ2n) is 24.3. The van der Waals surface area contributed by atoms with Crippen LogP contribution in [0.25, 0.3) is 0 Å². The fourth-order valence-electron chi connectivity index (χ4n) is 7.01. The van der Waals surface area contributed by atoms with Crippen molar-refractivity contribution in [3.05, 3.63) is 0 Å². The third kappa shape index (κ3) is 43.4. The molecule has 13 rings (SSSR count). The van der Waals surface area contributed by atoms with Crippen LogP contribution in [0.2, 0.25) is 0 Å². The molecule has 13 heterocycles. The first-order chi connectivity index (χ1) is 42.6. The standard InChI is InChI=1S/C15H26O6.C11H20O4.C9H16O5.C9H16O4.C8H14O5.C7H12O4/c1-2-15(9-16-3-12-6-19-12,10-17-4-13-7-20-13)11-18-5-14-8-21-14;1-11(2,7-12-3-9-5-14-9)8-13-4-10-6-15-10;1(10-3-8-5-13-8)2-11-7-12-4-9-6-14-9;1-7(3-12-9-6-13-9)2-10-4-8-5-11-8;1(7-3-12-7)9-5-11-6-10-2-8-4-13-8;1(6-3-10-6)8-5-9-2-7-4-11-7/h12-14H,2-11H2,1H3;9-10H,3-8H2,1-2H3;8-9H,1-7H2;7-9H,2-6H2,1H3;7-8H,1-6H2;6-7H,1-5H2. The molecule has 87 heavy (non-hydrogen) atoms. The zero-order valence-electron chi connectivity index (χ0n) is 52.1. The summed E-state index contributed by atoms with van der Waals surface area (Å²) in [4.78, 5) is 0. The number of epoxide rings is 13. The van der Waals surface area contributed by atoms with Crippen molar-refractivity contribution in [2.45, 2.75) is 114 Å². The Morgan fingerprint density at radius 3 is 0.851 bits per heavy atom. The van der Waals surface area contributed by atoms with E-state index >= 15 is 0 Å². The molecule has 0 spiro atoms. The van der Waals surface area contributed by atoms with Crippen molar-refractivity contribution in [1.82, 2.24) is 0 Å². The lowest BCUT2D eigenvalue weighted by atomic mass is 9.88. The summed E-state index contributed by atoms with van der Waals surface area (Å²) in [6.45, 7) is 34.6. The van der Waals surface area contributed by atoms with Gasteiger partial charge in [0.05, 0.1) is 218 Å². The SMILES string of the molecule is C(COCC1CO1)OCOCC1CO1.C(OCC1CO1)OCC1CO1.C(OCOCC1CO1)OCC1CO1.CC(C)(COCC1CO1)COCC1CO1.CC(COCC1CO1)COC1CO1.CCC(COCC1CO1)(COCC1CO1)COCC1CO1. The topological polar surface area (TPSA) is 301 Å². The summed E-state index contributed by atoms with van der Waals surface area (Å²) in [5, 5.41) is 0. The molecule has 14 unspecified atom stereocenters. The van der Waals surface area contributed by atoms with Gasteiger partial charge in [0, 0.05) is 16.7 Å². The summed E-state index contributed by atoms with van der Waals surface area (Å²) in [6.07, 6.45) is 4.84. The fourth-order valence-corrected chi connectivity index (χ4v) is 7.01. The maximum absolute atomic E-state index is 5.81. The van der Waals surface area contributed by atoms with Crippen molar-refractivity contribution in [2.75, 3.05) is 252 Å². The molecule has 0 aromatic carbocycles. The Hall–Kier alpha value is -1.12.